The summed E-state index contributed by atoms with van der Waals surface area (Å²) in [6, 6.07) is 8.20. The molecule has 74 valence electrons. The van der Waals surface area contributed by atoms with Crippen molar-refractivity contribution in [2.24, 2.45) is 0 Å². The summed E-state index contributed by atoms with van der Waals surface area (Å²) in [7, 11) is 0. The Morgan fingerprint density at radius 2 is 2.07 bits per heavy atom. The van der Waals surface area contributed by atoms with E-state index in [9.17, 15) is 0 Å². The monoisotopic (exact) mass is 188 g/mol. The number of aliphatic hydroxyl groups excluding tert-OH is 1. The van der Waals surface area contributed by atoms with Crippen LogP contribution in [-0.2, 0) is 6.42 Å². The Bertz CT molecular complexity index is 331. The maximum Gasteiger partial charge on any atom is 0.0440 e. The van der Waals surface area contributed by atoms with Gasteiger partial charge in [-0.3, -0.25) is 0 Å². The van der Waals surface area contributed by atoms with Crippen LogP contribution in [0.5, 0.6) is 0 Å². The molecule has 0 amide bonds. The Kier molecular flexibility index (Phi) is 4.82. The van der Waals surface area contributed by atoms with Crippen molar-refractivity contribution in [2.75, 3.05) is 6.61 Å². The summed E-state index contributed by atoms with van der Waals surface area (Å²) in [6.45, 7) is 2.36. The van der Waals surface area contributed by atoms with Crippen molar-refractivity contribution in [1.82, 2.24) is 0 Å². The number of rotatable bonds is 3. The van der Waals surface area contributed by atoms with E-state index >= 15 is 0 Å². The SMILES string of the molecule is CCc1ccccc1C#CCCCO. The van der Waals surface area contributed by atoms with Gasteiger partial charge < -0.3 is 5.11 Å². The van der Waals surface area contributed by atoms with Crippen molar-refractivity contribution >= 4 is 0 Å². The van der Waals surface area contributed by atoms with Crippen LogP contribution in [0.3, 0.4) is 0 Å². The highest BCUT2D eigenvalue weighted by Crippen LogP contribution is 2.07. The molecule has 1 aromatic carbocycles. The van der Waals surface area contributed by atoms with E-state index in [1.54, 1.807) is 0 Å². The van der Waals surface area contributed by atoms with Crippen LogP contribution in [0.15, 0.2) is 24.3 Å². The third-order valence-electron chi connectivity index (χ3n) is 2.08. The largest absolute Gasteiger partial charge is 0.396 e. The van der Waals surface area contributed by atoms with E-state index in [0.717, 1.165) is 24.8 Å². The van der Waals surface area contributed by atoms with Gasteiger partial charge in [-0.05, 0) is 24.5 Å². The van der Waals surface area contributed by atoms with Crippen LogP contribution >= 0.6 is 0 Å². The maximum absolute atomic E-state index is 8.60. The summed E-state index contributed by atoms with van der Waals surface area (Å²) in [5.41, 5.74) is 2.41. The summed E-state index contributed by atoms with van der Waals surface area (Å²) in [4.78, 5) is 0. The smallest absolute Gasteiger partial charge is 0.0440 e. The first-order chi connectivity index (χ1) is 6.88. The van der Waals surface area contributed by atoms with E-state index in [4.69, 9.17) is 5.11 Å². The molecule has 0 radical (unpaired) electrons. The second-order valence-electron chi connectivity index (χ2n) is 3.14. The third kappa shape index (κ3) is 3.24. The zero-order valence-corrected chi connectivity index (χ0v) is 8.59. The van der Waals surface area contributed by atoms with Gasteiger partial charge in [-0.25, -0.2) is 0 Å². The molecule has 1 aromatic rings. The molecule has 0 fully saturated rings. The first-order valence-corrected chi connectivity index (χ1v) is 5.06. The second-order valence-corrected chi connectivity index (χ2v) is 3.14. The minimum absolute atomic E-state index is 0.226. The van der Waals surface area contributed by atoms with Gasteiger partial charge in [-0.1, -0.05) is 37.0 Å². The van der Waals surface area contributed by atoms with Crippen LogP contribution in [-0.4, -0.2) is 11.7 Å². The predicted octanol–water partition coefficient (Wildman–Crippen LogP) is 2.37. The van der Waals surface area contributed by atoms with Crippen molar-refractivity contribution in [3.63, 3.8) is 0 Å². The van der Waals surface area contributed by atoms with Crippen molar-refractivity contribution in [2.45, 2.75) is 26.2 Å². The van der Waals surface area contributed by atoms with Gasteiger partial charge in [-0.15, -0.1) is 0 Å². The van der Waals surface area contributed by atoms with E-state index in [-0.39, 0.29) is 6.61 Å². The molecule has 1 nitrogen and oxygen atoms in total. The Morgan fingerprint density at radius 3 is 2.79 bits per heavy atom. The molecule has 0 aliphatic heterocycles. The highest BCUT2D eigenvalue weighted by molar-refractivity contribution is 5.41. The standard InChI is InChI=1S/C13H16O/c1-2-12-8-5-6-10-13(12)9-4-3-7-11-14/h5-6,8,10,14H,2-3,7,11H2,1H3. The quantitative estimate of drug-likeness (QED) is 0.570. The van der Waals surface area contributed by atoms with Gasteiger partial charge >= 0.3 is 0 Å². The van der Waals surface area contributed by atoms with Gasteiger partial charge in [0.25, 0.3) is 0 Å². The lowest BCUT2D eigenvalue weighted by Crippen LogP contribution is -1.86. The van der Waals surface area contributed by atoms with E-state index in [1.165, 1.54) is 5.56 Å². The van der Waals surface area contributed by atoms with Crippen LogP contribution in [0, 0.1) is 11.8 Å². The Labute approximate surface area is 85.8 Å². The lowest BCUT2D eigenvalue weighted by Gasteiger charge is -1.98. The summed E-state index contributed by atoms with van der Waals surface area (Å²) in [5.74, 6) is 6.21. The number of hydrogen-bond acceptors (Lipinski definition) is 1. The Morgan fingerprint density at radius 1 is 1.29 bits per heavy atom. The molecule has 14 heavy (non-hydrogen) atoms. The minimum Gasteiger partial charge on any atom is -0.396 e. The normalized spacial score (nSPS) is 9.29. The highest BCUT2D eigenvalue weighted by atomic mass is 16.2. The van der Waals surface area contributed by atoms with Gasteiger partial charge in [0, 0.05) is 18.6 Å². The molecular formula is C13H16O. The van der Waals surface area contributed by atoms with Crippen LogP contribution in [0.2, 0.25) is 0 Å². The zero-order chi connectivity index (χ0) is 10.2. The second kappa shape index (κ2) is 6.23. The molecule has 0 saturated carbocycles. The van der Waals surface area contributed by atoms with Gasteiger partial charge in [-0.2, -0.15) is 0 Å². The number of benzene rings is 1. The number of unbranched alkanes of at least 4 members (excludes halogenated alkanes) is 1. The fourth-order valence-electron chi connectivity index (χ4n) is 1.28. The summed E-state index contributed by atoms with van der Waals surface area (Å²) < 4.78 is 0. The maximum atomic E-state index is 8.60. The number of hydrogen-bond donors (Lipinski definition) is 1. The van der Waals surface area contributed by atoms with Crippen LogP contribution in [0.1, 0.15) is 30.9 Å². The van der Waals surface area contributed by atoms with Crippen LogP contribution in [0.25, 0.3) is 0 Å². The molecule has 0 bridgehead atoms. The lowest BCUT2D eigenvalue weighted by molar-refractivity contribution is 0.290. The molecule has 1 heteroatoms. The molecule has 1 N–H and O–H groups in total. The first-order valence-electron chi connectivity index (χ1n) is 5.06. The van der Waals surface area contributed by atoms with Crippen molar-refractivity contribution in [3.05, 3.63) is 35.4 Å². The molecule has 0 spiro atoms. The molecule has 0 aliphatic carbocycles. The van der Waals surface area contributed by atoms with E-state index in [1.807, 2.05) is 18.2 Å². The fraction of sp³-hybridized carbons (Fsp3) is 0.385. The summed E-state index contributed by atoms with van der Waals surface area (Å²) in [6.07, 6.45) is 2.56. The average Bonchev–Trinajstić information content (AvgIpc) is 2.25. The summed E-state index contributed by atoms with van der Waals surface area (Å²) >= 11 is 0. The van der Waals surface area contributed by atoms with E-state index < -0.39 is 0 Å². The molecule has 0 aliphatic rings. The number of aliphatic hydroxyl groups is 1. The van der Waals surface area contributed by atoms with Crippen LogP contribution in [0.4, 0.5) is 0 Å². The Balaban J connectivity index is 2.68. The fourth-order valence-corrected chi connectivity index (χ4v) is 1.28. The van der Waals surface area contributed by atoms with Gasteiger partial charge in [0.05, 0.1) is 0 Å². The average molecular weight is 188 g/mol. The van der Waals surface area contributed by atoms with Gasteiger partial charge in [0.1, 0.15) is 0 Å². The lowest BCUT2D eigenvalue weighted by atomic mass is 10.1. The van der Waals surface area contributed by atoms with Crippen molar-refractivity contribution < 1.29 is 5.11 Å². The summed E-state index contributed by atoms with van der Waals surface area (Å²) in [5, 5.41) is 8.60. The molecule has 0 atom stereocenters. The van der Waals surface area contributed by atoms with E-state index in [0.29, 0.717) is 0 Å². The Hall–Kier alpha value is -1.26. The van der Waals surface area contributed by atoms with Gasteiger partial charge in [0.2, 0.25) is 0 Å². The third-order valence-corrected chi connectivity index (χ3v) is 2.08. The first kappa shape index (κ1) is 10.8. The minimum atomic E-state index is 0.226. The molecular weight excluding hydrogens is 172 g/mol. The zero-order valence-electron chi connectivity index (χ0n) is 8.59. The molecule has 0 saturated heterocycles. The highest BCUT2D eigenvalue weighted by Gasteiger charge is 1.93. The molecule has 1 rings (SSSR count). The topological polar surface area (TPSA) is 20.2 Å². The molecule has 0 heterocycles. The predicted molar refractivity (Wildman–Crippen MR) is 59.0 cm³/mol. The van der Waals surface area contributed by atoms with E-state index in [2.05, 4.69) is 24.8 Å². The van der Waals surface area contributed by atoms with Crippen molar-refractivity contribution in [3.8, 4) is 11.8 Å². The number of aryl methyl sites for hydroxylation is 1. The molecule has 0 aromatic heterocycles. The van der Waals surface area contributed by atoms with Crippen molar-refractivity contribution in [1.29, 1.82) is 0 Å². The molecule has 0 unspecified atom stereocenters. The van der Waals surface area contributed by atoms with Crippen LogP contribution < -0.4 is 0 Å². The van der Waals surface area contributed by atoms with Gasteiger partial charge in [0.15, 0.2) is 0 Å².